The molecule has 0 aliphatic carbocycles. The molecule has 0 amide bonds. The van der Waals surface area contributed by atoms with Gasteiger partial charge in [0.25, 0.3) is 5.56 Å². The highest BCUT2D eigenvalue weighted by Gasteiger charge is 2.14. The van der Waals surface area contributed by atoms with E-state index in [1.807, 2.05) is 24.3 Å². The second kappa shape index (κ2) is 2.45. The number of rotatable bonds is 0. The minimum atomic E-state index is -0.213. The number of nitrogens with zero attached hydrogens (tertiary/aromatic N) is 1. The smallest absolute Gasteiger partial charge is 0.276 e. The summed E-state index contributed by atoms with van der Waals surface area (Å²) >= 11 is 0. The molecule has 0 saturated carbocycles. The lowest BCUT2D eigenvalue weighted by Gasteiger charge is -1.99. The molecule has 4 nitrogen and oxygen atoms in total. The first-order valence-corrected chi connectivity index (χ1v) is 4.21. The second-order valence-electron chi connectivity index (χ2n) is 3.05. The zero-order chi connectivity index (χ0) is 9.54. The number of aromatic amines is 1. The maximum Gasteiger partial charge on any atom is 0.276 e. The summed E-state index contributed by atoms with van der Waals surface area (Å²) in [6.07, 6.45) is 1.43. The van der Waals surface area contributed by atoms with Gasteiger partial charge in [0.1, 0.15) is 23.1 Å². The molecule has 0 spiro atoms. The van der Waals surface area contributed by atoms with Gasteiger partial charge in [0.15, 0.2) is 0 Å². The molecule has 0 bridgehead atoms. The van der Waals surface area contributed by atoms with Gasteiger partial charge in [0.2, 0.25) is 0 Å². The third-order valence-corrected chi connectivity index (χ3v) is 2.21. The highest BCUT2D eigenvalue weighted by molar-refractivity contribution is 5.91. The third kappa shape index (κ3) is 0.821. The maximum atomic E-state index is 11.2. The molecule has 3 rings (SSSR count). The first-order chi connectivity index (χ1) is 6.86. The fourth-order valence-corrected chi connectivity index (χ4v) is 1.54. The van der Waals surface area contributed by atoms with Gasteiger partial charge in [-0.05, 0) is 12.1 Å². The highest BCUT2D eigenvalue weighted by atomic mass is 16.3. The van der Waals surface area contributed by atoms with Crippen LogP contribution in [0.3, 0.4) is 0 Å². The minimum Gasteiger partial charge on any atom is -0.463 e. The fourth-order valence-electron chi connectivity index (χ4n) is 1.54. The standard InChI is InChI=1S/C10H6N2O2/c13-10-7-5-14-8-4-2-1-3-6(8)9(7)11-12-10/h1-5H,(H,12,13). The van der Waals surface area contributed by atoms with Gasteiger partial charge in [-0.15, -0.1) is 0 Å². The van der Waals surface area contributed by atoms with Crippen LogP contribution in [0.5, 0.6) is 0 Å². The van der Waals surface area contributed by atoms with E-state index in [1.165, 1.54) is 6.26 Å². The van der Waals surface area contributed by atoms with Crippen molar-refractivity contribution in [2.45, 2.75) is 0 Å². The van der Waals surface area contributed by atoms with Crippen molar-refractivity contribution in [3.05, 3.63) is 40.9 Å². The lowest BCUT2D eigenvalue weighted by Crippen LogP contribution is -1.99. The average molecular weight is 186 g/mol. The van der Waals surface area contributed by atoms with E-state index in [1.54, 1.807) is 0 Å². The van der Waals surface area contributed by atoms with E-state index in [4.69, 9.17) is 4.42 Å². The number of H-pyrrole nitrogens is 1. The second-order valence-corrected chi connectivity index (χ2v) is 3.05. The van der Waals surface area contributed by atoms with Crippen LogP contribution in [0.4, 0.5) is 0 Å². The molecular weight excluding hydrogens is 180 g/mol. The number of hydrogen-bond acceptors (Lipinski definition) is 3. The molecule has 0 radical (unpaired) electrons. The van der Waals surface area contributed by atoms with E-state index >= 15 is 0 Å². The Balaban J connectivity index is 2.59. The molecule has 68 valence electrons. The Morgan fingerprint density at radius 2 is 2.14 bits per heavy atom. The predicted octanol–water partition coefficient (Wildman–Crippen LogP) is 1.62. The Morgan fingerprint density at radius 1 is 1.29 bits per heavy atom. The lowest BCUT2D eigenvalue weighted by molar-refractivity contribution is 0.605. The Kier molecular flexibility index (Phi) is 1.28. The molecule has 1 aromatic rings. The Morgan fingerprint density at radius 3 is 3.07 bits per heavy atom. The monoisotopic (exact) mass is 186 g/mol. The van der Waals surface area contributed by atoms with Crippen LogP contribution in [-0.4, -0.2) is 10.2 Å². The van der Waals surface area contributed by atoms with E-state index < -0.39 is 0 Å². The van der Waals surface area contributed by atoms with Crippen LogP contribution >= 0.6 is 0 Å². The van der Waals surface area contributed by atoms with Gasteiger partial charge in [0, 0.05) is 5.39 Å². The van der Waals surface area contributed by atoms with Crippen LogP contribution in [0.25, 0.3) is 22.2 Å². The third-order valence-electron chi connectivity index (χ3n) is 2.21. The van der Waals surface area contributed by atoms with Crippen LogP contribution in [0, 0.1) is 0 Å². The summed E-state index contributed by atoms with van der Waals surface area (Å²) in [6, 6.07) is 7.48. The number of benzene rings is 1. The minimum absolute atomic E-state index is 0.213. The van der Waals surface area contributed by atoms with Gasteiger partial charge in [-0.3, -0.25) is 4.79 Å². The lowest BCUT2D eigenvalue weighted by atomic mass is 10.1. The van der Waals surface area contributed by atoms with Crippen LogP contribution < -0.4 is 5.56 Å². The topological polar surface area (TPSA) is 58.9 Å². The molecule has 0 saturated heterocycles. The van der Waals surface area contributed by atoms with Gasteiger partial charge in [-0.1, -0.05) is 12.1 Å². The van der Waals surface area contributed by atoms with Gasteiger partial charge in [-0.2, -0.15) is 5.10 Å². The van der Waals surface area contributed by atoms with Crippen LogP contribution in [0.1, 0.15) is 0 Å². The van der Waals surface area contributed by atoms with E-state index in [0.717, 1.165) is 11.0 Å². The quantitative estimate of drug-likeness (QED) is 0.580. The van der Waals surface area contributed by atoms with Gasteiger partial charge < -0.3 is 4.42 Å². The summed E-state index contributed by atoms with van der Waals surface area (Å²) in [6.45, 7) is 0. The van der Waals surface area contributed by atoms with E-state index in [9.17, 15) is 4.79 Å². The molecule has 2 aliphatic rings. The van der Waals surface area contributed by atoms with E-state index in [2.05, 4.69) is 10.2 Å². The van der Waals surface area contributed by atoms with Crippen molar-refractivity contribution in [1.29, 1.82) is 0 Å². The molecule has 0 fully saturated rings. The van der Waals surface area contributed by atoms with E-state index in [0.29, 0.717) is 11.3 Å². The van der Waals surface area contributed by atoms with Gasteiger partial charge in [0.05, 0.1) is 0 Å². The molecule has 14 heavy (non-hydrogen) atoms. The van der Waals surface area contributed by atoms with E-state index in [-0.39, 0.29) is 5.56 Å². The first kappa shape index (κ1) is 7.32. The fraction of sp³-hybridized carbons (Fsp3) is 0. The van der Waals surface area contributed by atoms with Crippen molar-refractivity contribution >= 4 is 11.0 Å². The first-order valence-electron chi connectivity index (χ1n) is 4.21. The van der Waals surface area contributed by atoms with Gasteiger partial charge >= 0.3 is 0 Å². The van der Waals surface area contributed by atoms with Crippen molar-refractivity contribution in [3.63, 3.8) is 0 Å². The Hall–Kier alpha value is -2.10. The summed E-state index contributed by atoms with van der Waals surface area (Å²) in [5.41, 5.74) is 1.67. The van der Waals surface area contributed by atoms with Crippen molar-refractivity contribution in [3.8, 4) is 11.3 Å². The maximum absolute atomic E-state index is 11.2. The molecular formula is C10H6N2O2. The van der Waals surface area contributed by atoms with Crippen molar-refractivity contribution in [2.24, 2.45) is 0 Å². The van der Waals surface area contributed by atoms with Crippen molar-refractivity contribution in [2.75, 3.05) is 0 Å². The molecule has 2 heterocycles. The molecule has 2 aliphatic heterocycles. The van der Waals surface area contributed by atoms with Crippen molar-refractivity contribution < 1.29 is 4.42 Å². The SMILES string of the molecule is O=c1[nH]nc2c3ccccc3occ1-2. The highest BCUT2D eigenvalue weighted by Crippen LogP contribution is 2.25. The largest absolute Gasteiger partial charge is 0.463 e. The molecule has 0 atom stereocenters. The number of fused-ring (bicyclic) bond motifs is 3. The summed E-state index contributed by atoms with van der Waals surface area (Å²) < 4.78 is 5.30. The van der Waals surface area contributed by atoms with Crippen LogP contribution in [0.2, 0.25) is 0 Å². The van der Waals surface area contributed by atoms with Crippen LogP contribution in [-0.2, 0) is 0 Å². The summed E-state index contributed by atoms with van der Waals surface area (Å²) in [5.74, 6) is 0. The molecule has 0 unspecified atom stereocenters. The number of hydrogen-bond donors (Lipinski definition) is 1. The summed E-state index contributed by atoms with van der Waals surface area (Å²) in [4.78, 5) is 11.2. The Labute approximate surface area is 78.5 Å². The molecule has 0 aromatic heterocycles. The summed E-state index contributed by atoms with van der Waals surface area (Å²) in [5, 5.41) is 7.20. The number of aromatic nitrogens is 2. The number of para-hydroxylation sites is 1. The van der Waals surface area contributed by atoms with Gasteiger partial charge in [-0.25, -0.2) is 5.10 Å². The Bertz CT molecular complexity index is 623. The predicted molar refractivity (Wildman–Crippen MR) is 51.3 cm³/mol. The van der Waals surface area contributed by atoms with Crippen LogP contribution in [0.15, 0.2) is 39.7 Å². The normalized spacial score (nSPS) is 11.1. The zero-order valence-corrected chi connectivity index (χ0v) is 7.15. The molecule has 1 aromatic carbocycles. The molecule has 1 N–H and O–H groups in total. The average Bonchev–Trinajstić information content (AvgIpc) is 2.61. The molecule has 4 heteroatoms. The van der Waals surface area contributed by atoms with Crippen molar-refractivity contribution in [1.82, 2.24) is 10.2 Å². The summed E-state index contributed by atoms with van der Waals surface area (Å²) in [7, 11) is 0. The zero-order valence-electron chi connectivity index (χ0n) is 7.15. The number of nitrogens with one attached hydrogen (secondary N) is 1.